The molecule has 5 heteroatoms. The van der Waals surface area contributed by atoms with Crippen molar-refractivity contribution in [3.8, 4) is 0 Å². The fourth-order valence-corrected chi connectivity index (χ4v) is 8.02. The Bertz CT molecular complexity index is 771. The second-order valence-electron chi connectivity index (χ2n) is 6.53. The van der Waals surface area contributed by atoms with Gasteiger partial charge in [0.2, 0.25) is 5.52 Å². The van der Waals surface area contributed by atoms with Crippen molar-refractivity contribution in [1.82, 2.24) is 0 Å². The third-order valence-corrected chi connectivity index (χ3v) is 8.31. The van der Waals surface area contributed by atoms with Crippen molar-refractivity contribution < 1.29 is 14.1 Å². The zero-order valence-corrected chi connectivity index (χ0v) is 14.0. The number of carbonyl (C=O) groups is 1. The molecule has 3 nitrogen and oxygen atoms in total. The van der Waals surface area contributed by atoms with E-state index in [1.165, 1.54) is 21.0 Å². The summed E-state index contributed by atoms with van der Waals surface area (Å²) < 4.78 is 10.7. The van der Waals surface area contributed by atoms with Gasteiger partial charge in [-0.2, -0.15) is 4.57 Å². The number of thiazole rings is 1. The first-order chi connectivity index (χ1) is 10.8. The van der Waals surface area contributed by atoms with Crippen molar-refractivity contribution in [3.63, 3.8) is 0 Å². The number of hydrogen-bond acceptors (Lipinski definition) is 4. The molecule has 5 rings (SSSR count). The lowest BCUT2D eigenvalue weighted by molar-refractivity contribution is -0.726. The third kappa shape index (κ3) is 1.64. The maximum absolute atomic E-state index is 12.2. The van der Waals surface area contributed by atoms with Crippen LogP contribution in [0.2, 0.25) is 0 Å². The molecule has 3 aliphatic rings. The van der Waals surface area contributed by atoms with E-state index in [2.05, 4.69) is 28.8 Å². The van der Waals surface area contributed by atoms with Crippen LogP contribution in [0.25, 0.3) is 10.2 Å². The predicted octanol–water partition coefficient (Wildman–Crippen LogP) is 3.42. The molecule has 1 aliphatic heterocycles. The molecule has 0 N–H and O–H groups in total. The number of nitrogens with zero attached hydrogens (tertiary/aromatic N) is 1. The molecule has 5 atom stereocenters. The van der Waals surface area contributed by atoms with Crippen molar-refractivity contribution in [2.75, 3.05) is 6.61 Å². The molecule has 22 heavy (non-hydrogen) atoms. The zero-order valence-electron chi connectivity index (χ0n) is 12.4. The molecule has 2 bridgehead atoms. The first-order valence-corrected chi connectivity index (χ1v) is 9.74. The molecule has 114 valence electrons. The summed E-state index contributed by atoms with van der Waals surface area (Å²) in [5, 5.41) is 0.573. The van der Waals surface area contributed by atoms with E-state index in [4.69, 9.17) is 4.74 Å². The van der Waals surface area contributed by atoms with Crippen LogP contribution < -0.4 is 4.57 Å². The highest BCUT2D eigenvalue weighted by atomic mass is 32.2. The topological polar surface area (TPSA) is 30.2 Å². The minimum absolute atomic E-state index is 0.0409. The number of rotatable bonds is 2. The quantitative estimate of drug-likeness (QED) is 0.623. The summed E-state index contributed by atoms with van der Waals surface area (Å²) in [6.07, 6.45) is 2.21. The van der Waals surface area contributed by atoms with Crippen LogP contribution in [-0.4, -0.2) is 17.8 Å². The van der Waals surface area contributed by atoms with Crippen molar-refractivity contribution >= 4 is 39.3 Å². The van der Waals surface area contributed by atoms with Crippen molar-refractivity contribution in [1.29, 1.82) is 0 Å². The molecular weight excluding hydrogens is 314 g/mol. The Labute approximate surface area is 137 Å². The van der Waals surface area contributed by atoms with Crippen molar-refractivity contribution in [2.24, 2.45) is 17.8 Å². The molecule has 1 aromatic carbocycles. The normalized spacial score (nSPS) is 34.9. The van der Waals surface area contributed by atoms with E-state index < -0.39 is 0 Å². The van der Waals surface area contributed by atoms with Gasteiger partial charge in [0, 0.05) is 12.0 Å². The Balaban J connectivity index is 1.52. The van der Waals surface area contributed by atoms with Gasteiger partial charge in [-0.3, -0.25) is 4.79 Å². The standard InChI is InChI=1S/C17H18NO2S2/c1-2-20-16(19)11-8-9-7-10(11)15-14(9)18-12-5-3-4-6-13(12)21-17(18)22-15/h3-6,9-11,14-15H,2,7-8H2,1H3/q+1/t9-,10-,11-,14-,15+/m1/s1. The molecule has 2 fully saturated rings. The number of esters is 1. The van der Waals surface area contributed by atoms with Crippen LogP contribution in [0.5, 0.6) is 0 Å². The summed E-state index contributed by atoms with van der Waals surface area (Å²) in [6.45, 7) is 2.40. The van der Waals surface area contributed by atoms with Crippen LogP contribution >= 0.6 is 23.1 Å². The molecule has 2 heterocycles. The Morgan fingerprint density at radius 3 is 3.09 bits per heavy atom. The molecule has 1 aromatic heterocycles. The van der Waals surface area contributed by atoms with Crippen LogP contribution in [0.4, 0.5) is 0 Å². The van der Waals surface area contributed by atoms with Crippen LogP contribution in [-0.2, 0) is 9.53 Å². The van der Waals surface area contributed by atoms with Gasteiger partial charge in [0.05, 0.1) is 17.8 Å². The highest BCUT2D eigenvalue weighted by molar-refractivity contribution is 8.01. The Morgan fingerprint density at radius 1 is 1.36 bits per heavy atom. The van der Waals surface area contributed by atoms with Gasteiger partial charge in [0.25, 0.3) is 4.34 Å². The van der Waals surface area contributed by atoms with Crippen LogP contribution in [0, 0.1) is 17.8 Å². The number of para-hydroxylation sites is 1. The van der Waals surface area contributed by atoms with E-state index >= 15 is 0 Å². The van der Waals surface area contributed by atoms with Crippen LogP contribution in [0.3, 0.4) is 0 Å². The van der Waals surface area contributed by atoms with Gasteiger partial charge in [-0.15, -0.1) is 0 Å². The van der Waals surface area contributed by atoms with Gasteiger partial charge < -0.3 is 4.74 Å². The summed E-state index contributed by atoms with van der Waals surface area (Å²) in [6, 6.07) is 9.30. The number of ether oxygens (including phenoxy) is 1. The number of carbonyl (C=O) groups excluding carboxylic acids is 1. The largest absolute Gasteiger partial charge is 0.466 e. The van der Waals surface area contributed by atoms with E-state index in [9.17, 15) is 4.79 Å². The van der Waals surface area contributed by atoms with E-state index in [0.29, 0.717) is 29.7 Å². The van der Waals surface area contributed by atoms with Gasteiger partial charge in [0.15, 0.2) is 6.04 Å². The van der Waals surface area contributed by atoms with Crippen LogP contribution in [0.15, 0.2) is 28.6 Å². The maximum Gasteiger partial charge on any atom is 0.309 e. The number of hydrogen-bond donors (Lipinski definition) is 0. The number of fused-ring (bicyclic) bond motifs is 9. The highest BCUT2D eigenvalue weighted by Crippen LogP contribution is 2.61. The fraction of sp³-hybridized carbons (Fsp3) is 0.529. The minimum Gasteiger partial charge on any atom is -0.466 e. The van der Waals surface area contributed by atoms with Gasteiger partial charge in [-0.05, 0) is 43.5 Å². The summed E-state index contributed by atoms with van der Waals surface area (Å²) in [5.74, 6) is 1.32. The SMILES string of the molecule is CCOC(=O)[C@@H]1C[C@H]2C[C@H]1[C@@H]1Sc3sc4ccccc4[n+]3[C@H]21. The molecule has 2 aliphatic carbocycles. The monoisotopic (exact) mass is 332 g/mol. The minimum atomic E-state index is 0.0409. The summed E-state index contributed by atoms with van der Waals surface area (Å²) in [5.41, 5.74) is 1.38. The van der Waals surface area contributed by atoms with Crippen LogP contribution in [0.1, 0.15) is 25.8 Å². The highest BCUT2D eigenvalue weighted by Gasteiger charge is 2.64. The Kier molecular flexibility index (Phi) is 2.87. The van der Waals surface area contributed by atoms with E-state index in [0.717, 1.165) is 6.42 Å². The molecule has 0 amide bonds. The summed E-state index contributed by atoms with van der Waals surface area (Å²) >= 11 is 3.91. The van der Waals surface area contributed by atoms with E-state index in [1.807, 2.05) is 30.0 Å². The third-order valence-electron chi connectivity index (χ3n) is 5.53. The molecule has 0 radical (unpaired) electrons. The average molecular weight is 332 g/mol. The lowest BCUT2D eigenvalue weighted by atomic mass is 9.85. The first kappa shape index (κ1) is 13.4. The lowest BCUT2D eigenvalue weighted by Gasteiger charge is -2.26. The van der Waals surface area contributed by atoms with Crippen molar-refractivity contribution in [3.05, 3.63) is 24.3 Å². The molecule has 0 saturated heterocycles. The second-order valence-corrected chi connectivity index (χ2v) is 8.99. The molecule has 0 spiro atoms. The predicted molar refractivity (Wildman–Crippen MR) is 87.0 cm³/mol. The fourth-order valence-electron chi connectivity index (χ4n) is 4.77. The maximum atomic E-state index is 12.2. The second kappa shape index (κ2) is 4.71. The number of thioether (sulfide) groups is 1. The van der Waals surface area contributed by atoms with Crippen molar-refractivity contribution in [2.45, 2.75) is 35.4 Å². The Morgan fingerprint density at radius 2 is 2.23 bits per heavy atom. The smallest absolute Gasteiger partial charge is 0.309 e. The molecular formula is C17H18NO2S2+. The van der Waals surface area contributed by atoms with Gasteiger partial charge in [-0.1, -0.05) is 23.5 Å². The molecule has 2 aromatic rings. The van der Waals surface area contributed by atoms with E-state index in [1.54, 1.807) is 0 Å². The zero-order chi connectivity index (χ0) is 14.8. The molecule has 2 saturated carbocycles. The summed E-state index contributed by atoms with van der Waals surface area (Å²) in [7, 11) is 0. The van der Waals surface area contributed by atoms with Gasteiger partial charge >= 0.3 is 5.97 Å². The lowest BCUT2D eigenvalue weighted by Crippen LogP contribution is -2.45. The molecule has 0 unspecified atom stereocenters. The van der Waals surface area contributed by atoms with Gasteiger partial charge in [0.1, 0.15) is 4.70 Å². The first-order valence-electron chi connectivity index (χ1n) is 8.04. The van der Waals surface area contributed by atoms with Gasteiger partial charge in [-0.25, -0.2) is 0 Å². The summed E-state index contributed by atoms with van der Waals surface area (Å²) in [4.78, 5) is 12.2. The van der Waals surface area contributed by atoms with E-state index in [-0.39, 0.29) is 11.9 Å². The number of benzene rings is 1. The number of aromatic nitrogens is 1. The average Bonchev–Trinajstić information content (AvgIpc) is 3.23. The Hall–Kier alpha value is -1.07.